The number of ether oxygens (including phenoxy) is 1. The molecule has 2 unspecified atom stereocenters. The number of halogens is 4. The number of urea groups is 1. The van der Waals surface area contributed by atoms with E-state index in [1.165, 1.54) is 41.3 Å². The summed E-state index contributed by atoms with van der Waals surface area (Å²) in [4.78, 5) is 53.4. The Bertz CT molecular complexity index is 1840. The average molecular weight is 781 g/mol. The molecule has 0 spiro atoms. The number of alkyl halides is 1. The molecular weight excluding hydrogens is 742 g/mol. The van der Waals surface area contributed by atoms with E-state index in [1.807, 2.05) is 6.92 Å². The van der Waals surface area contributed by atoms with Crippen molar-refractivity contribution < 1.29 is 19.2 Å². The lowest BCUT2D eigenvalue weighted by molar-refractivity contribution is -0.384. The predicted octanol–water partition coefficient (Wildman–Crippen LogP) is 10.6. The largest absolute Gasteiger partial charge is 0.417 e. The molecular formula is C35H38Cl4N6O6. The number of carbonyl (C=O) groups excluding carboxylic acids is 2. The Balaban J connectivity index is 1.78. The lowest BCUT2D eigenvalue weighted by Crippen LogP contribution is -2.43. The van der Waals surface area contributed by atoms with Gasteiger partial charge in [-0.3, -0.25) is 25.3 Å². The first-order valence-electron chi connectivity index (χ1n) is 16.4. The Hall–Kier alpha value is -4.23. The van der Waals surface area contributed by atoms with Gasteiger partial charge in [0.05, 0.1) is 20.7 Å². The molecule has 0 radical (unpaired) electrons. The lowest BCUT2D eigenvalue weighted by Gasteiger charge is -2.26. The number of aromatic amines is 1. The number of para-hydroxylation sites is 1. The third kappa shape index (κ3) is 10.9. The number of aromatic nitrogens is 2. The van der Waals surface area contributed by atoms with Crippen LogP contribution in [0.3, 0.4) is 0 Å². The van der Waals surface area contributed by atoms with E-state index >= 15 is 0 Å². The zero-order valence-corrected chi connectivity index (χ0v) is 31.0. The van der Waals surface area contributed by atoms with Crippen LogP contribution in [0.25, 0.3) is 5.69 Å². The SMILES string of the molecule is CCCCCCCC(CCC(C)Cl)NC(=O)N(c1ccccc1)c1[nH]n(-c2c(Cl)cc(Cl)cc2Cl)c(=O)c1OC(=O)Nc1ccc([N+](=O)[O-])cc1. The van der Waals surface area contributed by atoms with Gasteiger partial charge in [0.15, 0.2) is 5.82 Å². The molecule has 16 heteroatoms. The van der Waals surface area contributed by atoms with Gasteiger partial charge in [-0.15, -0.1) is 11.6 Å². The van der Waals surface area contributed by atoms with Gasteiger partial charge in [0, 0.05) is 34.3 Å². The Labute approximate surface area is 315 Å². The van der Waals surface area contributed by atoms with Gasteiger partial charge in [0.25, 0.3) is 5.69 Å². The number of nitro groups is 1. The van der Waals surface area contributed by atoms with Crippen LogP contribution in [-0.2, 0) is 0 Å². The molecule has 12 nitrogen and oxygen atoms in total. The Kier molecular flexibility index (Phi) is 14.6. The quantitative estimate of drug-likeness (QED) is 0.0445. The Morgan fingerprint density at radius 3 is 2.22 bits per heavy atom. The number of hydrogen-bond donors (Lipinski definition) is 3. The monoisotopic (exact) mass is 778 g/mol. The predicted molar refractivity (Wildman–Crippen MR) is 203 cm³/mol. The lowest BCUT2D eigenvalue weighted by atomic mass is 10.0. The molecule has 0 saturated carbocycles. The molecule has 1 heterocycles. The van der Waals surface area contributed by atoms with E-state index in [9.17, 15) is 24.5 Å². The van der Waals surface area contributed by atoms with Crippen molar-refractivity contribution >= 4 is 81.4 Å². The molecule has 272 valence electrons. The van der Waals surface area contributed by atoms with Crippen molar-refractivity contribution in [3.8, 4) is 11.4 Å². The summed E-state index contributed by atoms with van der Waals surface area (Å²) in [6.07, 6.45) is 6.09. The van der Waals surface area contributed by atoms with Crippen LogP contribution in [0, 0.1) is 10.1 Å². The van der Waals surface area contributed by atoms with Crippen LogP contribution < -0.4 is 25.8 Å². The number of nitrogens with zero attached hydrogens (tertiary/aromatic N) is 3. The van der Waals surface area contributed by atoms with Crippen LogP contribution >= 0.6 is 46.4 Å². The van der Waals surface area contributed by atoms with Crippen LogP contribution in [0.2, 0.25) is 15.1 Å². The molecule has 0 aliphatic carbocycles. The fourth-order valence-electron chi connectivity index (χ4n) is 5.34. The third-order valence-electron chi connectivity index (χ3n) is 7.89. The molecule has 0 bridgehead atoms. The summed E-state index contributed by atoms with van der Waals surface area (Å²) in [5.74, 6) is -0.780. The van der Waals surface area contributed by atoms with Crippen molar-refractivity contribution in [3.63, 3.8) is 0 Å². The standard InChI is InChI=1S/C35H38Cl4N6O6/c1-3-4-5-6-8-11-24(15-14-22(2)36)40-34(47)43(26-12-9-7-10-13-26)32-31(51-35(48)41-25-16-18-27(19-17-25)45(49)50)33(46)44(42-32)30-28(38)20-23(37)21-29(30)39/h7,9-10,12-13,16-22,24,42H,3-6,8,11,14-15H2,1-2H3,(H,40,47)(H,41,48). The van der Waals surface area contributed by atoms with E-state index in [4.69, 9.17) is 51.1 Å². The smallest absolute Gasteiger partial charge is 0.400 e. The van der Waals surface area contributed by atoms with Crippen molar-refractivity contribution in [2.75, 3.05) is 10.2 Å². The van der Waals surface area contributed by atoms with Crippen LogP contribution in [0.4, 0.5) is 32.5 Å². The highest BCUT2D eigenvalue weighted by atomic mass is 35.5. The van der Waals surface area contributed by atoms with E-state index in [0.717, 1.165) is 36.8 Å². The minimum atomic E-state index is -1.11. The summed E-state index contributed by atoms with van der Waals surface area (Å²) in [6, 6.07) is 15.4. The normalized spacial score (nSPS) is 12.2. The molecule has 4 rings (SSSR count). The second-order valence-electron chi connectivity index (χ2n) is 11.8. The number of unbranched alkanes of at least 4 members (excludes halogenated alkanes) is 4. The van der Waals surface area contributed by atoms with Gasteiger partial charge in [-0.25, -0.2) is 19.2 Å². The molecule has 4 aromatic rings. The molecule has 0 aliphatic heterocycles. The van der Waals surface area contributed by atoms with Gasteiger partial charge in [-0.2, -0.15) is 0 Å². The molecule has 0 fully saturated rings. The van der Waals surface area contributed by atoms with Crippen LogP contribution in [0.15, 0.2) is 71.5 Å². The Morgan fingerprint density at radius 2 is 1.61 bits per heavy atom. The number of rotatable bonds is 16. The van der Waals surface area contributed by atoms with E-state index in [-0.39, 0.29) is 49.4 Å². The maximum atomic E-state index is 14.4. The maximum absolute atomic E-state index is 14.4. The summed E-state index contributed by atoms with van der Waals surface area (Å²) in [5, 5.41) is 19.6. The fraction of sp³-hybridized carbons (Fsp3) is 0.343. The van der Waals surface area contributed by atoms with Crippen LogP contribution in [0.5, 0.6) is 5.75 Å². The third-order valence-corrected chi connectivity index (χ3v) is 8.91. The summed E-state index contributed by atoms with van der Waals surface area (Å²) in [5.41, 5.74) is -0.614. The first kappa shape index (κ1) is 39.6. The van der Waals surface area contributed by atoms with E-state index in [0.29, 0.717) is 24.9 Å². The van der Waals surface area contributed by atoms with Gasteiger partial charge < -0.3 is 10.1 Å². The summed E-state index contributed by atoms with van der Waals surface area (Å²) in [7, 11) is 0. The van der Waals surface area contributed by atoms with E-state index < -0.39 is 28.4 Å². The highest BCUT2D eigenvalue weighted by molar-refractivity contribution is 6.40. The zero-order chi connectivity index (χ0) is 37.1. The molecule has 0 saturated heterocycles. The second kappa shape index (κ2) is 18.8. The number of nitro benzene ring substituents is 1. The maximum Gasteiger partial charge on any atom is 0.417 e. The number of benzene rings is 3. The second-order valence-corrected chi connectivity index (χ2v) is 13.8. The van der Waals surface area contributed by atoms with E-state index in [2.05, 4.69) is 22.7 Å². The highest BCUT2D eigenvalue weighted by Crippen LogP contribution is 2.36. The average Bonchev–Trinajstić information content (AvgIpc) is 3.37. The highest BCUT2D eigenvalue weighted by Gasteiger charge is 2.31. The molecule has 3 amide bonds. The van der Waals surface area contributed by atoms with Gasteiger partial charge in [-0.05, 0) is 62.6 Å². The first-order chi connectivity index (χ1) is 24.4. The molecule has 51 heavy (non-hydrogen) atoms. The molecule has 3 aromatic carbocycles. The Morgan fingerprint density at radius 1 is 0.961 bits per heavy atom. The fourth-order valence-corrected chi connectivity index (χ4v) is 6.45. The number of amides is 3. The van der Waals surface area contributed by atoms with Gasteiger partial charge in [0.2, 0.25) is 5.75 Å². The molecule has 2 atom stereocenters. The number of hydrogen-bond acceptors (Lipinski definition) is 6. The minimum absolute atomic E-state index is 0.00155. The van der Waals surface area contributed by atoms with Crippen molar-refractivity contribution in [2.24, 2.45) is 0 Å². The summed E-state index contributed by atoms with van der Waals surface area (Å²) < 4.78 is 6.56. The number of non-ortho nitro benzene ring substituents is 1. The zero-order valence-electron chi connectivity index (χ0n) is 28.0. The number of carbonyl (C=O) groups is 2. The number of nitrogens with one attached hydrogen (secondary N) is 3. The minimum Gasteiger partial charge on any atom is -0.400 e. The molecule has 1 aromatic heterocycles. The van der Waals surface area contributed by atoms with Crippen LogP contribution in [-0.4, -0.2) is 38.2 Å². The molecule has 0 aliphatic rings. The van der Waals surface area contributed by atoms with Crippen molar-refractivity contribution in [1.29, 1.82) is 0 Å². The summed E-state index contributed by atoms with van der Waals surface area (Å²) >= 11 is 25.4. The first-order valence-corrected chi connectivity index (χ1v) is 18.0. The topological polar surface area (TPSA) is 152 Å². The molecule has 3 N–H and O–H groups in total. The summed E-state index contributed by atoms with van der Waals surface area (Å²) in [6.45, 7) is 4.04. The van der Waals surface area contributed by atoms with Crippen molar-refractivity contribution in [1.82, 2.24) is 15.1 Å². The van der Waals surface area contributed by atoms with Gasteiger partial charge in [0.1, 0.15) is 5.69 Å². The van der Waals surface area contributed by atoms with Crippen molar-refractivity contribution in [2.45, 2.75) is 76.6 Å². The van der Waals surface area contributed by atoms with E-state index in [1.54, 1.807) is 30.3 Å². The van der Waals surface area contributed by atoms with Gasteiger partial charge >= 0.3 is 17.7 Å². The van der Waals surface area contributed by atoms with Crippen LogP contribution in [0.1, 0.15) is 65.2 Å². The van der Waals surface area contributed by atoms with Crippen molar-refractivity contribution in [3.05, 3.63) is 102 Å². The number of anilines is 3. The van der Waals surface area contributed by atoms with Gasteiger partial charge in [-0.1, -0.05) is 92.0 Å². The number of H-pyrrole nitrogens is 1.